The maximum Gasteiger partial charge on any atom is 0.164 e. The van der Waals surface area contributed by atoms with E-state index in [1.807, 2.05) is 0 Å². The Morgan fingerprint density at radius 1 is 1.27 bits per heavy atom. The highest BCUT2D eigenvalue weighted by molar-refractivity contribution is 5.51. The van der Waals surface area contributed by atoms with E-state index in [1.165, 1.54) is 26.4 Å². The molecule has 0 aliphatic carbocycles. The summed E-state index contributed by atoms with van der Waals surface area (Å²) in [6, 6.07) is 2.79. The molecule has 1 rings (SSSR count). The number of phenols is 1. The van der Waals surface area contributed by atoms with E-state index in [9.17, 15) is 10.2 Å². The predicted octanol–water partition coefficient (Wildman–Crippen LogP) is 1.08. The third-order valence-electron chi connectivity index (χ3n) is 1.99. The Balaban J connectivity index is 3.27. The minimum atomic E-state index is -1.16. The van der Waals surface area contributed by atoms with Crippen molar-refractivity contribution in [3.8, 4) is 29.6 Å². The number of benzene rings is 1. The molecule has 0 bridgehead atoms. The number of hydrogen-bond acceptors (Lipinski definition) is 4. The molecule has 1 aromatic carbocycles. The van der Waals surface area contributed by atoms with Crippen molar-refractivity contribution in [2.75, 3.05) is 14.2 Å². The molecule has 0 saturated carbocycles. The second-order valence-corrected chi connectivity index (χ2v) is 2.84. The molecular formula is C11H12O4. The molecule has 0 aromatic heterocycles. The highest BCUT2D eigenvalue weighted by Gasteiger charge is 2.14. The van der Waals surface area contributed by atoms with E-state index in [0.717, 1.165) is 0 Å². The van der Waals surface area contributed by atoms with Crippen LogP contribution < -0.4 is 9.47 Å². The van der Waals surface area contributed by atoms with Gasteiger partial charge >= 0.3 is 0 Å². The fourth-order valence-electron chi connectivity index (χ4n) is 1.19. The van der Waals surface area contributed by atoms with Gasteiger partial charge < -0.3 is 19.7 Å². The Hall–Kier alpha value is -1.86. The summed E-state index contributed by atoms with van der Waals surface area (Å²) in [5, 5.41) is 19.0. The maximum absolute atomic E-state index is 9.55. The van der Waals surface area contributed by atoms with E-state index in [1.54, 1.807) is 0 Å². The first-order valence-electron chi connectivity index (χ1n) is 4.23. The molecule has 1 atom stereocenters. The van der Waals surface area contributed by atoms with Gasteiger partial charge in [-0.05, 0) is 6.07 Å². The molecule has 0 aliphatic heterocycles. The highest BCUT2D eigenvalue weighted by atomic mass is 16.5. The number of methoxy groups -OCH3 is 2. The largest absolute Gasteiger partial charge is 0.507 e. The number of aliphatic hydroxyl groups is 1. The summed E-state index contributed by atoms with van der Waals surface area (Å²) in [4.78, 5) is 0. The van der Waals surface area contributed by atoms with Crippen LogP contribution >= 0.6 is 0 Å². The first kappa shape index (κ1) is 11.2. The summed E-state index contributed by atoms with van der Waals surface area (Å²) in [6.45, 7) is 0. The van der Waals surface area contributed by atoms with Crippen molar-refractivity contribution < 1.29 is 19.7 Å². The summed E-state index contributed by atoms with van der Waals surface area (Å²) in [5.41, 5.74) is 0.218. The quantitative estimate of drug-likeness (QED) is 0.730. The maximum atomic E-state index is 9.55. The third-order valence-corrected chi connectivity index (χ3v) is 1.99. The lowest BCUT2D eigenvalue weighted by molar-refractivity contribution is 0.232. The number of hydrogen-bond donors (Lipinski definition) is 2. The molecule has 80 valence electrons. The number of aliphatic hydroxyl groups excluding tert-OH is 1. The van der Waals surface area contributed by atoms with Crippen LogP contribution in [0.5, 0.6) is 17.2 Å². The number of aromatic hydroxyl groups is 1. The van der Waals surface area contributed by atoms with Gasteiger partial charge in [0.1, 0.15) is 11.9 Å². The molecule has 1 unspecified atom stereocenters. The summed E-state index contributed by atoms with van der Waals surface area (Å²) >= 11 is 0. The Bertz CT molecular complexity index is 392. The van der Waals surface area contributed by atoms with Crippen molar-refractivity contribution in [2.24, 2.45) is 0 Å². The van der Waals surface area contributed by atoms with E-state index in [-0.39, 0.29) is 11.3 Å². The monoisotopic (exact) mass is 208 g/mol. The minimum absolute atomic E-state index is 0.127. The molecule has 0 aliphatic rings. The molecule has 0 fully saturated rings. The molecule has 1 aromatic rings. The molecule has 0 saturated heterocycles. The van der Waals surface area contributed by atoms with Gasteiger partial charge in [-0.1, -0.05) is 5.92 Å². The van der Waals surface area contributed by atoms with Crippen LogP contribution in [0, 0.1) is 12.3 Å². The topological polar surface area (TPSA) is 58.9 Å². The van der Waals surface area contributed by atoms with Crippen LogP contribution in [-0.2, 0) is 0 Å². The molecule has 15 heavy (non-hydrogen) atoms. The van der Waals surface area contributed by atoms with Gasteiger partial charge in [-0.3, -0.25) is 0 Å². The van der Waals surface area contributed by atoms with Gasteiger partial charge in [0.15, 0.2) is 11.5 Å². The SMILES string of the molecule is C#CC(O)c1cc(OC)c(OC)cc1O. The predicted molar refractivity (Wildman–Crippen MR) is 55.0 cm³/mol. The normalized spacial score (nSPS) is 11.6. The lowest BCUT2D eigenvalue weighted by Gasteiger charge is -2.12. The van der Waals surface area contributed by atoms with Crippen LogP contribution in [0.1, 0.15) is 11.7 Å². The van der Waals surface area contributed by atoms with Crippen molar-refractivity contribution >= 4 is 0 Å². The summed E-state index contributed by atoms with van der Waals surface area (Å²) in [5.74, 6) is 2.76. The molecule has 2 N–H and O–H groups in total. The van der Waals surface area contributed by atoms with Crippen molar-refractivity contribution in [2.45, 2.75) is 6.10 Å². The summed E-state index contributed by atoms with van der Waals surface area (Å²) in [7, 11) is 2.91. The van der Waals surface area contributed by atoms with Crippen molar-refractivity contribution in [1.29, 1.82) is 0 Å². The van der Waals surface area contributed by atoms with Gasteiger partial charge in [0.05, 0.1) is 14.2 Å². The Morgan fingerprint density at radius 2 is 1.80 bits per heavy atom. The van der Waals surface area contributed by atoms with Gasteiger partial charge in [-0.15, -0.1) is 6.42 Å². The van der Waals surface area contributed by atoms with Gasteiger partial charge in [-0.25, -0.2) is 0 Å². The molecular weight excluding hydrogens is 196 g/mol. The Labute approximate surface area is 88.1 Å². The third kappa shape index (κ3) is 2.14. The van der Waals surface area contributed by atoms with Crippen molar-refractivity contribution in [1.82, 2.24) is 0 Å². The van der Waals surface area contributed by atoms with E-state index in [2.05, 4.69) is 5.92 Å². The molecule has 4 heteroatoms. The van der Waals surface area contributed by atoms with E-state index in [4.69, 9.17) is 15.9 Å². The van der Waals surface area contributed by atoms with Crippen LogP contribution in [0.15, 0.2) is 12.1 Å². The van der Waals surface area contributed by atoms with E-state index >= 15 is 0 Å². The zero-order chi connectivity index (χ0) is 11.4. The van der Waals surface area contributed by atoms with Gasteiger partial charge in [0.2, 0.25) is 0 Å². The standard InChI is InChI=1S/C11H12O4/c1-4-8(12)7-5-10(14-2)11(15-3)6-9(7)13/h1,5-6,8,12-13H,2-3H3. The smallest absolute Gasteiger partial charge is 0.164 e. The van der Waals surface area contributed by atoms with Crippen LogP contribution in [-0.4, -0.2) is 24.4 Å². The second kappa shape index (κ2) is 4.58. The number of terminal acetylenes is 1. The van der Waals surface area contributed by atoms with E-state index in [0.29, 0.717) is 11.5 Å². The van der Waals surface area contributed by atoms with Gasteiger partial charge in [-0.2, -0.15) is 0 Å². The zero-order valence-electron chi connectivity index (χ0n) is 8.52. The average Bonchev–Trinajstić information content (AvgIpc) is 2.27. The molecule has 0 heterocycles. The summed E-state index contributed by atoms with van der Waals surface area (Å²) in [6.07, 6.45) is 3.89. The number of ether oxygens (including phenoxy) is 2. The second-order valence-electron chi connectivity index (χ2n) is 2.84. The fraction of sp³-hybridized carbons (Fsp3) is 0.273. The van der Waals surface area contributed by atoms with Crippen LogP contribution in [0.2, 0.25) is 0 Å². The lowest BCUT2D eigenvalue weighted by atomic mass is 10.1. The van der Waals surface area contributed by atoms with Crippen molar-refractivity contribution in [3.05, 3.63) is 17.7 Å². The van der Waals surface area contributed by atoms with Crippen LogP contribution in [0.25, 0.3) is 0 Å². The number of rotatable bonds is 3. The van der Waals surface area contributed by atoms with Gasteiger partial charge in [0, 0.05) is 11.6 Å². The van der Waals surface area contributed by atoms with Crippen molar-refractivity contribution in [3.63, 3.8) is 0 Å². The average molecular weight is 208 g/mol. The Morgan fingerprint density at radius 3 is 2.27 bits per heavy atom. The lowest BCUT2D eigenvalue weighted by Crippen LogP contribution is -1.97. The Kier molecular flexibility index (Phi) is 3.42. The summed E-state index contributed by atoms with van der Waals surface area (Å²) < 4.78 is 9.98. The molecule has 0 spiro atoms. The van der Waals surface area contributed by atoms with Gasteiger partial charge in [0.25, 0.3) is 0 Å². The van der Waals surface area contributed by atoms with Crippen LogP contribution in [0.4, 0.5) is 0 Å². The number of phenolic OH excluding ortho intramolecular Hbond substituents is 1. The molecule has 0 amide bonds. The minimum Gasteiger partial charge on any atom is -0.507 e. The molecule has 0 radical (unpaired) electrons. The zero-order valence-corrected chi connectivity index (χ0v) is 8.52. The first-order chi connectivity index (χ1) is 7.13. The van der Waals surface area contributed by atoms with E-state index < -0.39 is 6.10 Å². The molecule has 4 nitrogen and oxygen atoms in total. The highest BCUT2D eigenvalue weighted by Crippen LogP contribution is 2.36. The first-order valence-corrected chi connectivity index (χ1v) is 4.23. The van der Waals surface area contributed by atoms with Crippen LogP contribution in [0.3, 0.4) is 0 Å². The fourth-order valence-corrected chi connectivity index (χ4v) is 1.19.